The number of piperazine rings is 1. The summed E-state index contributed by atoms with van der Waals surface area (Å²) in [4.78, 5) is 13.9. The average molecular weight is 382 g/mol. The molecule has 2 aromatic carbocycles. The number of carbonyl (C=O) groups is 1. The molecule has 0 spiro atoms. The first-order valence-corrected chi connectivity index (χ1v) is 8.32. The number of hydrazine groups is 1. The second kappa shape index (κ2) is 7.83. The van der Waals surface area contributed by atoms with Gasteiger partial charge in [-0.25, -0.2) is 14.2 Å². The highest BCUT2D eigenvalue weighted by Crippen LogP contribution is 2.30. The van der Waals surface area contributed by atoms with Crippen LogP contribution in [0.5, 0.6) is 0 Å². The number of rotatable bonds is 3. The smallest absolute Gasteiger partial charge is 0.366 e. The summed E-state index contributed by atoms with van der Waals surface area (Å²) in [6.45, 7) is 1.91. The Morgan fingerprint density at radius 3 is 2.33 bits per heavy atom. The number of amides is 2. The molecule has 3 rings (SSSR count). The highest BCUT2D eigenvalue weighted by Gasteiger charge is 2.30. The fourth-order valence-electron chi connectivity index (χ4n) is 2.84. The van der Waals surface area contributed by atoms with E-state index in [0.29, 0.717) is 31.9 Å². The normalized spacial score (nSPS) is 15.5. The topological polar surface area (TPSA) is 47.6 Å². The maximum Gasteiger partial charge on any atom is 0.416 e. The number of urea groups is 1. The van der Waals surface area contributed by atoms with Gasteiger partial charge in [0.25, 0.3) is 0 Å². The third-order valence-electron chi connectivity index (χ3n) is 4.18. The lowest BCUT2D eigenvalue weighted by Gasteiger charge is -2.36. The fraction of sp³-hybridized carbons (Fsp3) is 0.278. The van der Waals surface area contributed by atoms with Crippen molar-refractivity contribution in [1.29, 1.82) is 0 Å². The van der Waals surface area contributed by atoms with Crippen LogP contribution in [0.4, 0.5) is 33.7 Å². The average Bonchev–Trinajstić information content (AvgIpc) is 2.62. The lowest BCUT2D eigenvalue weighted by atomic mass is 10.2. The summed E-state index contributed by atoms with van der Waals surface area (Å²) in [5, 5.41) is 4.03. The van der Waals surface area contributed by atoms with Crippen molar-refractivity contribution in [1.82, 2.24) is 10.4 Å². The van der Waals surface area contributed by atoms with E-state index in [0.717, 1.165) is 12.1 Å². The quantitative estimate of drug-likeness (QED) is 0.796. The van der Waals surface area contributed by atoms with Gasteiger partial charge < -0.3 is 10.2 Å². The van der Waals surface area contributed by atoms with Crippen LogP contribution in [0, 0.1) is 5.82 Å². The van der Waals surface area contributed by atoms with Crippen molar-refractivity contribution in [3.05, 3.63) is 59.9 Å². The number of nitrogens with one attached hydrogen (secondary N) is 2. The molecule has 2 N–H and O–H groups in total. The molecule has 5 nitrogen and oxygen atoms in total. The zero-order chi connectivity index (χ0) is 19.4. The first-order valence-electron chi connectivity index (χ1n) is 8.32. The van der Waals surface area contributed by atoms with Gasteiger partial charge in [0.2, 0.25) is 0 Å². The number of carbonyl (C=O) groups excluding carboxylic acids is 1. The van der Waals surface area contributed by atoms with Crippen LogP contribution < -0.4 is 15.6 Å². The molecule has 1 heterocycles. The van der Waals surface area contributed by atoms with Gasteiger partial charge in [0, 0.05) is 31.9 Å². The third kappa shape index (κ3) is 4.88. The van der Waals surface area contributed by atoms with Crippen molar-refractivity contribution >= 4 is 17.4 Å². The Bertz CT molecular complexity index is 804. The Morgan fingerprint density at radius 2 is 1.67 bits per heavy atom. The van der Waals surface area contributed by atoms with E-state index in [-0.39, 0.29) is 11.5 Å². The second-order valence-corrected chi connectivity index (χ2v) is 6.07. The van der Waals surface area contributed by atoms with Crippen LogP contribution in [0.1, 0.15) is 5.56 Å². The molecule has 9 heteroatoms. The summed E-state index contributed by atoms with van der Waals surface area (Å²) in [5.41, 5.74) is 2.31. The highest BCUT2D eigenvalue weighted by molar-refractivity contribution is 5.89. The summed E-state index contributed by atoms with van der Waals surface area (Å²) in [6.07, 6.45) is -4.47. The van der Waals surface area contributed by atoms with Crippen LogP contribution in [-0.4, -0.2) is 37.2 Å². The molecule has 0 bridgehead atoms. The number of hydrogen-bond acceptors (Lipinski definition) is 3. The molecule has 1 saturated heterocycles. The van der Waals surface area contributed by atoms with Crippen LogP contribution in [0.2, 0.25) is 0 Å². The van der Waals surface area contributed by atoms with Crippen LogP contribution in [0.15, 0.2) is 48.5 Å². The number of benzene rings is 2. The van der Waals surface area contributed by atoms with E-state index in [1.807, 2.05) is 4.90 Å². The monoisotopic (exact) mass is 382 g/mol. The van der Waals surface area contributed by atoms with E-state index in [1.54, 1.807) is 23.2 Å². The van der Waals surface area contributed by atoms with Gasteiger partial charge in [-0.1, -0.05) is 18.2 Å². The Kier molecular flexibility index (Phi) is 5.50. The minimum absolute atomic E-state index is 0.0484. The molecule has 2 amide bonds. The molecule has 0 aliphatic carbocycles. The second-order valence-electron chi connectivity index (χ2n) is 6.07. The van der Waals surface area contributed by atoms with Crippen molar-refractivity contribution < 1.29 is 22.4 Å². The molecule has 27 heavy (non-hydrogen) atoms. The minimum atomic E-state index is -4.47. The number of anilines is 2. The molecular weight excluding hydrogens is 364 g/mol. The Hall–Kier alpha value is -2.81. The summed E-state index contributed by atoms with van der Waals surface area (Å²) >= 11 is 0. The molecule has 1 aliphatic heterocycles. The highest BCUT2D eigenvalue weighted by atomic mass is 19.4. The van der Waals surface area contributed by atoms with Gasteiger partial charge in [0.15, 0.2) is 0 Å². The summed E-state index contributed by atoms with van der Waals surface area (Å²) < 4.78 is 52.0. The van der Waals surface area contributed by atoms with Gasteiger partial charge in [0.1, 0.15) is 5.82 Å². The van der Waals surface area contributed by atoms with Crippen molar-refractivity contribution in [3.63, 3.8) is 0 Å². The molecule has 0 saturated carbocycles. The molecule has 0 aromatic heterocycles. The van der Waals surface area contributed by atoms with E-state index in [9.17, 15) is 22.4 Å². The predicted octanol–water partition coefficient (Wildman–Crippen LogP) is 3.70. The number of hydrogen-bond donors (Lipinski definition) is 2. The van der Waals surface area contributed by atoms with E-state index in [2.05, 4.69) is 10.7 Å². The van der Waals surface area contributed by atoms with Gasteiger partial charge in [0.05, 0.1) is 11.3 Å². The molecular formula is C18H18F4N4O. The lowest BCUT2D eigenvalue weighted by molar-refractivity contribution is -0.137. The SMILES string of the molecule is O=C(Nc1cccc(C(F)(F)F)c1)NN1CCN(c2ccccc2F)CC1. The Balaban J connectivity index is 1.52. The van der Waals surface area contributed by atoms with Crippen LogP contribution >= 0.6 is 0 Å². The van der Waals surface area contributed by atoms with E-state index < -0.39 is 17.8 Å². The van der Waals surface area contributed by atoms with Gasteiger partial charge >= 0.3 is 12.2 Å². The van der Waals surface area contributed by atoms with Crippen LogP contribution in [0.3, 0.4) is 0 Å². The number of alkyl halides is 3. The Morgan fingerprint density at radius 1 is 0.963 bits per heavy atom. The predicted molar refractivity (Wildman–Crippen MR) is 93.8 cm³/mol. The van der Waals surface area contributed by atoms with Crippen molar-refractivity contribution in [2.24, 2.45) is 0 Å². The first-order chi connectivity index (χ1) is 12.8. The Labute approximate surface area is 153 Å². The summed E-state index contributed by atoms with van der Waals surface area (Å²) in [7, 11) is 0. The molecule has 144 valence electrons. The zero-order valence-corrected chi connectivity index (χ0v) is 14.3. The minimum Gasteiger partial charge on any atom is -0.366 e. The molecule has 1 aliphatic rings. The number of halogens is 4. The molecule has 0 atom stereocenters. The van der Waals surface area contributed by atoms with Crippen molar-refractivity contribution in [2.75, 3.05) is 36.4 Å². The fourth-order valence-corrected chi connectivity index (χ4v) is 2.84. The first kappa shape index (κ1) is 19.0. The largest absolute Gasteiger partial charge is 0.416 e. The lowest BCUT2D eigenvalue weighted by Crippen LogP contribution is -2.54. The standard InChI is InChI=1S/C18H18F4N4O/c19-15-6-1-2-7-16(15)25-8-10-26(11-9-25)24-17(27)23-14-5-3-4-13(12-14)18(20,21)22/h1-7,12H,8-11H2,(H2,23,24,27). The van der Waals surface area contributed by atoms with Gasteiger partial charge in [-0.05, 0) is 30.3 Å². The van der Waals surface area contributed by atoms with Gasteiger partial charge in [-0.15, -0.1) is 0 Å². The molecule has 0 unspecified atom stereocenters. The van der Waals surface area contributed by atoms with E-state index >= 15 is 0 Å². The van der Waals surface area contributed by atoms with Crippen LogP contribution in [-0.2, 0) is 6.18 Å². The zero-order valence-electron chi connectivity index (χ0n) is 14.3. The van der Waals surface area contributed by atoms with Crippen LogP contribution in [0.25, 0.3) is 0 Å². The maximum absolute atomic E-state index is 13.8. The van der Waals surface area contributed by atoms with Crippen molar-refractivity contribution in [2.45, 2.75) is 6.18 Å². The molecule has 2 aromatic rings. The van der Waals surface area contributed by atoms with Gasteiger partial charge in [-0.3, -0.25) is 5.43 Å². The third-order valence-corrected chi connectivity index (χ3v) is 4.18. The van der Waals surface area contributed by atoms with E-state index in [4.69, 9.17) is 0 Å². The number of nitrogens with zero attached hydrogens (tertiary/aromatic N) is 2. The van der Waals surface area contributed by atoms with E-state index in [1.165, 1.54) is 18.2 Å². The van der Waals surface area contributed by atoms with Gasteiger partial charge in [-0.2, -0.15) is 13.2 Å². The summed E-state index contributed by atoms with van der Waals surface area (Å²) in [5.74, 6) is -0.304. The molecule has 1 fully saturated rings. The summed E-state index contributed by atoms with van der Waals surface area (Å²) in [6, 6.07) is 10.2. The number of para-hydroxylation sites is 1. The molecule has 0 radical (unpaired) electrons. The van der Waals surface area contributed by atoms with Crippen molar-refractivity contribution in [3.8, 4) is 0 Å². The maximum atomic E-state index is 13.8.